The molecule has 3 aromatic heterocycles. The van der Waals surface area contributed by atoms with E-state index in [1.165, 1.54) is 6.20 Å². The normalized spacial score (nSPS) is 16.3. The zero-order chi connectivity index (χ0) is 20.9. The van der Waals surface area contributed by atoms with Crippen LogP contribution in [0.5, 0.6) is 0 Å². The third-order valence-electron chi connectivity index (χ3n) is 5.04. The number of piperazine rings is 1. The quantitative estimate of drug-likeness (QED) is 0.668. The maximum atomic E-state index is 12.4. The highest BCUT2D eigenvalue weighted by Gasteiger charge is 2.26. The summed E-state index contributed by atoms with van der Waals surface area (Å²) in [5, 5.41) is 5.73. The molecule has 0 bridgehead atoms. The van der Waals surface area contributed by atoms with Gasteiger partial charge >= 0.3 is 0 Å². The number of amides is 1. The Morgan fingerprint density at radius 2 is 1.87 bits per heavy atom. The van der Waals surface area contributed by atoms with Crippen LogP contribution in [0.2, 0.25) is 0 Å². The van der Waals surface area contributed by atoms with Crippen LogP contribution in [0, 0.1) is 0 Å². The van der Waals surface area contributed by atoms with E-state index < -0.39 is 0 Å². The van der Waals surface area contributed by atoms with E-state index in [4.69, 9.17) is 0 Å². The molecule has 1 saturated heterocycles. The van der Waals surface area contributed by atoms with E-state index in [0.717, 1.165) is 25.5 Å². The fourth-order valence-electron chi connectivity index (χ4n) is 3.42. The summed E-state index contributed by atoms with van der Waals surface area (Å²) in [6.45, 7) is 4.64. The van der Waals surface area contributed by atoms with E-state index in [1.54, 1.807) is 31.6 Å². The fraction of sp³-hybridized carbons (Fsp3) is 0.286. The lowest BCUT2D eigenvalue weighted by molar-refractivity contribution is 0.102. The third kappa shape index (κ3) is 4.29. The van der Waals surface area contributed by atoms with Crippen molar-refractivity contribution in [3.8, 4) is 0 Å². The number of aromatic nitrogens is 4. The molecule has 9 nitrogen and oxygen atoms in total. The van der Waals surface area contributed by atoms with Crippen molar-refractivity contribution in [3.05, 3.63) is 60.7 Å². The van der Waals surface area contributed by atoms with E-state index in [2.05, 4.69) is 47.3 Å². The van der Waals surface area contributed by atoms with Gasteiger partial charge in [0.1, 0.15) is 11.6 Å². The highest BCUT2D eigenvalue weighted by Crippen LogP contribution is 2.20. The SMILES string of the molecule is CNc1ccc(C(=O)Nc2cnc(N3CCN(c4ccccn4)C[C@@H]3C)nc2)cn1. The molecule has 1 fully saturated rings. The van der Waals surface area contributed by atoms with Crippen molar-refractivity contribution in [1.82, 2.24) is 19.9 Å². The van der Waals surface area contributed by atoms with Gasteiger partial charge in [-0.15, -0.1) is 0 Å². The maximum Gasteiger partial charge on any atom is 0.257 e. The molecule has 0 unspecified atom stereocenters. The Labute approximate surface area is 175 Å². The van der Waals surface area contributed by atoms with Gasteiger partial charge in [0.2, 0.25) is 5.95 Å². The topological polar surface area (TPSA) is 99.2 Å². The van der Waals surface area contributed by atoms with Gasteiger partial charge in [-0.2, -0.15) is 0 Å². The number of anilines is 4. The van der Waals surface area contributed by atoms with Gasteiger partial charge < -0.3 is 20.4 Å². The molecule has 0 spiro atoms. The molecule has 30 heavy (non-hydrogen) atoms. The van der Waals surface area contributed by atoms with Crippen LogP contribution in [-0.4, -0.2) is 58.6 Å². The number of nitrogens with one attached hydrogen (secondary N) is 2. The highest BCUT2D eigenvalue weighted by molar-refractivity contribution is 6.04. The Morgan fingerprint density at radius 3 is 2.50 bits per heavy atom. The summed E-state index contributed by atoms with van der Waals surface area (Å²) in [5.41, 5.74) is 1.01. The fourth-order valence-corrected chi connectivity index (χ4v) is 3.42. The first-order valence-electron chi connectivity index (χ1n) is 9.84. The smallest absolute Gasteiger partial charge is 0.257 e. The number of carbonyl (C=O) groups is 1. The van der Waals surface area contributed by atoms with Gasteiger partial charge in [-0.1, -0.05) is 6.07 Å². The molecular formula is C21H24N8O. The zero-order valence-corrected chi connectivity index (χ0v) is 17.0. The number of pyridine rings is 2. The summed E-state index contributed by atoms with van der Waals surface area (Å²) in [7, 11) is 1.78. The Bertz CT molecular complexity index is 978. The van der Waals surface area contributed by atoms with Crippen molar-refractivity contribution >= 4 is 29.2 Å². The lowest BCUT2D eigenvalue weighted by Crippen LogP contribution is -2.53. The molecule has 1 amide bonds. The molecular weight excluding hydrogens is 380 g/mol. The maximum absolute atomic E-state index is 12.4. The molecule has 154 valence electrons. The van der Waals surface area contributed by atoms with E-state index in [0.29, 0.717) is 23.0 Å². The van der Waals surface area contributed by atoms with Gasteiger partial charge in [0, 0.05) is 45.1 Å². The number of hydrogen-bond donors (Lipinski definition) is 2. The molecule has 9 heteroatoms. The van der Waals surface area contributed by atoms with Crippen LogP contribution in [0.25, 0.3) is 0 Å². The highest BCUT2D eigenvalue weighted by atomic mass is 16.1. The Hall–Kier alpha value is -3.75. The Kier molecular flexibility index (Phi) is 5.69. The number of carbonyl (C=O) groups excluding carboxylic acids is 1. The minimum absolute atomic E-state index is 0.234. The number of rotatable bonds is 5. The van der Waals surface area contributed by atoms with Crippen molar-refractivity contribution in [3.63, 3.8) is 0 Å². The second-order valence-corrected chi connectivity index (χ2v) is 7.08. The average Bonchev–Trinajstić information content (AvgIpc) is 2.80. The van der Waals surface area contributed by atoms with Crippen molar-refractivity contribution in [2.24, 2.45) is 0 Å². The van der Waals surface area contributed by atoms with Crippen LogP contribution in [0.4, 0.5) is 23.3 Å². The van der Waals surface area contributed by atoms with E-state index in [1.807, 2.05) is 24.4 Å². The molecule has 0 radical (unpaired) electrons. The van der Waals surface area contributed by atoms with E-state index >= 15 is 0 Å². The molecule has 3 aromatic rings. The summed E-state index contributed by atoms with van der Waals surface area (Å²) < 4.78 is 0. The van der Waals surface area contributed by atoms with Gasteiger partial charge in [0.15, 0.2) is 0 Å². The van der Waals surface area contributed by atoms with Crippen molar-refractivity contribution < 1.29 is 4.79 Å². The van der Waals surface area contributed by atoms with Crippen LogP contribution in [-0.2, 0) is 0 Å². The molecule has 1 aliphatic rings. The second-order valence-electron chi connectivity index (χ2n) is 7.08. The number of hydrogen-bond acceptors (Lipinski definition) is 8. The Balaban J connectivity index is 1.38. The van der Waals surface area contributed by atoms with Crippen LogP contribution in [0.3, 0.4) is 0 Å². The lowest BCUT2D eigenvalue weighted by atomic mass is 10.2. The predicted octanol–water partition coefficient (Wildman–Crippen LogP) is 2.28. The summed E-state index contributed by atoms with van der Waals surface area (Å²) in [6.07, 6.45) is 6.60. The summed E-state index contributed by atoms with van der Waals surface area (Å²) >= 11 is 0. The monoisotopic (exact) mass is 404 g/mol. The first-order chi connectivity index (χ1) is 14.6. The second kappa shape index (κ2) is 8.73. The van der Waals surface area contributed by atoms with Crippen molar-refractivity contribution in [2.75, 3.05) is 47.1 Å². The summed E-state index contributed by atoms with van der Waals surface area (Å²) in [4.78, 5) is 34.3. The standard InChI is InChI=1S/C21H24N8O/c1-15-14-28(19-5-3-4-8-23-19)9-10-29(15)21-25-12-17(13-26-21)27-20(30)16-6-7-18(22-2)24-11-16/h3-8,11-13,15H,9-10,14H2,1-2H3,(H,22,24)(H,27,30)/t15-/m0/s1. The Morgan fingerprint density at radius 1 is 1.03 bits per heavy atom. The van der Waals surface area contributed by atoms with E-state index in [9.17, 15) is 4.79 Å². The molecule has 0 saturated carbocycles. The van der Waals surface area contributed by atoms with Gasteiger partial charge in [0.05, 0.1) is 23.6 Å². The third-order valence-corrected chi connectivity index (χ3v) is 5.04. The summed E-state index contributed by atoms with van der Waals surface area (Å²) in [6, 6.07) is 9.65. The summed E-state index contributed by atoms with van der Waals surface area (Å²) in [5.74, 6) is 2.09. The van der Waals surface area contributed by atoms with E-state index in [-0.39, 0.29) is 11.9 Å². The van der Waals surface area contributed by atoms with Gasteiger partial charge in [-0.25, -0.2) is 19.9 Å². The van der Waals surface area contributed by atoms with Gasteiger partial charge in [-0.3, -0.25) is 4.79 Å². The minimum atomic E-state index is -0.251. The molecule has 4 heterocycles. The zero-order valence-electron chi connectivity index (χ0n) is 17.0. The van der Waals surface area contributed by atoms with Gasteiger partial charge in [-0.05, 0) is 31.2 Å². The van der Waals surface area contributed by atoms with Crippen LogP contribution < -0.4 is 20.4 Å². The number of nitrogens with zero attached hydrogens (tertiary/aromatic N) is 6. The molecule has 0 aliphatic carbocycles. The first-order valence-corrected chi connectivity index (χ1v) is 9.84. The van der Waals surface area contributed by atoms with Crippen molar-refractivity contribution in [1.29, 1.82) is 0 Å². The van der Waals surface area contributed by atoms with Crippen LogP contribution in [0.15, 0.2) is 55.1 Å². The minimum Gasteiger partial charge on any atom is -0.373 e. The van der Waals surface area contributed by atoms with Crippen molar-refractivity contribution in [2.45, 2.75) is 13.0 Å². The average molecular weight is 404 g/mol. The van der Waals surface area contributed by atoms with Crippen LogP contribution in [0.1, 0.15) is 17.3 Å². The molecule has 1 aliphatic heterocycles. The predicted molar refractivity (Wildman–Crippen MR) is 117 cm³/mol. The first kappa shape index (κ1) is 19.6. The largest absolute Gasteiger partial charge is 0.373 e. The molecule has 4 rings (SSSR count). The van der Waals surface area contributed by atoms with Crippen LogP contribution >= 0.6 is 0 Å². The molecule has 1 atom stereocenters. The molecule has 0 aromatic carbocycles. The van der Waals surface area contributed by atoms with Gasteiger partial charge in [0.25, 0.3) is 5.91 Å². The lowest BCUT2D eigenvalue weighted by Gasteiger charge is -2.40. The molecule has 2 N–H and O–H groups in total.